The number of ether oxygens (including phenoxy) is 1. The number of carbonyl (C=O) groups excluding carboxylic acids is 2. The van der Waals surface area contributed by atoms with Gasteiger partial charge in [-0.3, -0.25) is 9.59 Å². The van der Waals surface area contributed by atoms with Crippen molar-refractivity contribution < 1.29 is 24.5 Å². The first kappa shape index (κ1) is 56.3. The third-order valence-electron chi connectivity index (χ3n) is 11.8. The summed E-state index contributed by atoms with van der Waals surface area (Å²) >= 11 is 0. The zero-order valence-electron chi connectivity index (χ0n) is 38.9. The van der Waals surface area contributed by atoms with Crippen molar-refractivity contribution in [1.29, 1.82) is 0 Å². The molecule has 0 aromatic rings. The Morgan fingerprint density at radius 1 is 0.500 bits per heavy atom. The van der Waals surface area contributed by atoms with Crippen LogP contribution >= 0.6 is 0 Å². The van der Waals surface area contributed by atoms with Gasteiger partial charge in [0.1, 0.15) is 6.10 Å². The monoisotopic (exact) mass is 818 g/mol. The Bertz CT molecular complexity index is 919. The Kier molecular flexibility index (Phi) is 45.1. The van der Waals surface area contributed by atoms with Gasteiger partial charge in [-0.15, -0.1) is 0 Å². The summed E-state index contributed by atoms with van der Waals surface area (Å²) in [5, 5.41) is 23.7. The Morgan fingerprint density at radius 3 is 1.31 bits per heavy atom. The van der Waals surface area contributed by atoms with Gasteiger partial charge in [-0.05, 0) is 51.4 Å². The van der Waals surface area contributed by atoms with Gasteiger partial charge in [0.15, 0.2) is 0 Å². The molecule has 3 atom stereocenters. The van der Waals surface area contributed by atoms with E-state index in [4.69, 9.17) is 4.74 Å². The standard InChI is InChI=1S/C52H99NO5/c1-4-7-10-13-16-19-21-23-25-27-29-32-34-37-40-43-48(46-51(56)53-49(47-54)50(55)44-41-38-35-31-18-15-12-9-6-3)58-52(57)45-42-39-36-33-30-28-26-24-22-20-17-14-11-8-5-2/h17,20,22,24,48-50,54-55H,4-16,18-19,21,23,25-47H2,1-3H3,(H,53,56)/b20-17+,24-22+. The normalized spacial score (nSPS) is 13.4. The summed E-state index contributed by atoms with van der Waals surface area (Å²) in [5.74, 6) is -0.475. The highest BCUT2D eigenvalue weighted by Gasteiger charge is 2.24. The van der Waals surface area contributed by atoms with Crippen LogP contribution in [-0.4, -0.2) is 46.9 Å². The van der Waals surface area contributed by atoms with Crippen LogP contribution in [0.25, 0.3) is 0 Å². The maximum absolute atomic E-state index is 13.2. The van der Waals surface area contributed by atoms with E-state index < -0.39 is 18.2 Å². The molecule has 0 bridgehead atoms. The summed E-state index contributed by atoms with van der Waals surface area (Å²) in [6.07, 6.45) is 52.4. The quantitative estimate of drug-likeness (QED) is 0.0323. The number of hydrogen-bond acceptors (Lipinski definition) is 5. The van der Waals surface area contributed by atoms with Crippen molar-refractivity contribution in [1.82, 2.24) is 5.32 Å². The number of allylic oxidation sites excluding steroid dienone is 4. The molecular formula is C52H99NO5. The molecule has 0 radical (unpaired) electrons. The van der Waals surface area contributed by atoms with E-state index in [2.05, 4.69) is 50.4 Å². The van der Waals surface area contributed by atoms with Crippen LogP contribution in [0.5, 0.6) is 0 Å². The fourth-order valence-corrected chi connectivity index (χ4v) is 7.89. The molecule has 6 nitrogen and oxygen atoms in total. The van der Waals surface area contributed by atoms with E-state index in [1.807, 2.05) is 0 Å². The molecule has 0 rings (SSSR count). The predicted octanol–water partition coefficient (Wildman–Crippen LogP) is 15.1. The second-order valence-corrected chi connectivity index (χ2v) is 17.6. The molecule has 3 unspecified atom stereocenters. The van der Waals surface area contributed by atoms with Gasteiger partial charge < -0.3 is 20.3 Å². The van der Waals surface area contributed by atoms with Crippen LogP contribution in [0.3, 0.4) is 0 Å². The molecule has 0 aliphatic carbocycles. The maximum atomic E-state index is 13.2. The fraction of sp³-hybridized carbons (Fsp3) is 0.885. The molecule has 0 heterocycles. The minimum absolute atomic E-state index is 0.0781. The van der Waals surface area contributed by atoms with Crippen molar-refractivity contribution in [3.05, 3.63) is 24.3 Å². The lowest BCUT2D eigenvalue weighted by Gasteiger charge is -2.24. The van der Waals surface area contributed by atoms with Crippen molar-refractivity contribution in [2.75, 3.05) is 6.61 Å². The van der Waals surface area contributed by atoms with E-state index >= 15 is 0 Å². The first-order valence-electron chi connectivity index (χ1n) is 25.6. The van der Waals surface area contributed by atoms with Gasteiger partial charge in [0.2, 0.25) is 5.91 Å². The topological polar surface area (TPSA) is 95.9 Å². The van der Waals surface area contributed by atoms with E-state index in [1.54, 1.807) is 0 Å². The highest BCUT2D eigenvalue weighted by atomic mass is 16.5. The molecule has 58 heavy (non-hydrogen) atoms. The van der Waals surface area contributed by atoms with E-state index in [0.717, 1.165) is 57.8 Å². The largest absolute Gasteiger partial charge is 0.462 e. The summed E-state index contributed by atoms with van der Waals surface area (Å²) < 4.78 is 5.93. The van der Waals surface area contributed by atoms with Gasteiger partial charge in [-0.1, -0.05) is 231 Å². The number of aliphatic hydroxyl groups excluding tert-OH is 2. The number of esters is 1. The van der Waals surface area contributed by atoms with Crippen molar-refractivity contribution in [2.24, 2.45) is 0 Å². The third-order valence-corrected chi connectivity index (χ3v) is 11.8. The Labute approximate surface area is 361 Å². The summed E-state index contributed by atoms with van der Waals surface area (Å²) in [6, 6.07) is -0.697. The molecular weight excluding hydrogens is 719 g/mol. The lowest BCUT2D eigenvalue weighted by atomic mass is 10.0. The van der Waals surface area contributed by atoms with Gasteiger partial charge in [0.05, 0.1) is 25.2 Å². The molecule has 0 aromatic heterocycles. The first-order valence-corrected chi connectivity index (χ1v) is 25.6. The van der Waals surface area contributed by atoms with Gasteiger partial charge in [0.25, 0.3) is 0 Å². The van der Waals surface area contributed by atoms with Crippen molar-refractivity contribution in [3.8, 4) is 0 Å². The number of unbranched alkanes of at least 4 members (excludes halogenated alkanes) is 31. The second kappa shape index (κ2) is 46.4. The molecule has 0 spiro atoms. The molecule has 0 saturated carbocycles. The second-order valence-electron chi connectivity index (χ2n) is 17.6. The molecule has 0 aromatic carbocycles. The summed E-state index contributed by atoms with van der Waals surface area (Å²) in [7, 11) is 0. The van der Waals surface area contributed by atoms with Crippen molar-refractivity contribution in [3.63, 3.8) is 0 Å². The molecule has 0 saturated heterocycles. The lowest BCUT2D eigenvalue weighted by molar-refractivity contribution is -0.151. The number of carbonyl (C=O) groups is 2. The van der Waals surface area contributed by atoms with Gasteiger partial charge in [-0.25, -0.2) is 0 Å². The molecule has 0 aliphatic rings. The number of hydrogen-bond donors (Lipinski definition) is 3. The molecule has 6 heteroatoms. The SMILES string of the molecule is CCCCC/C=C/C=C/CCCCCCCCC(=O)OC(CCCCCCCCCCCCCCCCC)CC(=O)NC(CO)C(O)CCCCCCCCCCC. The minimum Gasteiger partial charge on any atom is -0.462 e. The number of rotatable bonds is 46. The van der Waals surface area contributed by atoms with Crippen molar-refractivity contribution >= 4 is 11.9 Å². The predicted molar refractivity (Wildman–Crippen MR) is 250 cm³/mol. The summed E-state index contributed by atoms with van der Waals surface area (Å²) in [4.78, 5) is 26.1. The Morgan fingerprint density at radius 2 is 0.862 bits per heavy atom. The highest BCUT2D eigenvalue weighted by molar-refractivity contribution is 5.77. The fourth-order valence-electron chi connectivity index (χ4n) is 7.89. The van der Waals surface area contributed by atoms with Gasteiger partial charge >= 0.3 is 5.97 Å². The zero-order chi connectivity index (χ0) is 42.4. The number of amides is 1. The smallest absolute Gasteiger partial charge is 0.306 e. The van der Waals surface area contributed by atoms with E-state index in [9.17, 15) is 19.8 Å². The van der Waals surface area contributed by atoms with E-state index in [-0.39, 0.29) is 24.9 Å². The number of nitrogens with one attached hydrogen (secondary N) is 1. The first-order chi connectivity index (χ1) is 28.5. The minimum atomic E-state index is -0.784. The molecule has 3 N–H and O–H groups in total. The summed E-state index contributed by atoms with van der Waals surface area (Å²) in [5.41, 5.74) is 0. The van der Waals surface area contributed by atoms with E-state index in [1.165, 1.54) is 167 Å². The van der Waals surface area contributed by atoms with Crippen LogP contribution in [-0.2, 0) is 14.3 Å². The van der Waals surface area contributed by atoms with Gasteiger partial charge in [0, 0.05) is 6.42 Å². The van der Waals surface area contributed by atoms with Crippen LogP contribution in [0.15, 0.2) is 24.3 Å². The van der Waals surface area contributed by atoms with Gasteiger partial charge in [-0.2, -0.15) is 0 Å². The van der Waals surface area contributed by atoms with E-state index in [0.29, 0.717) is 19.3 Å². The Hall–Kier alpha value is -1.66. The average molecular weight is 818 g/mol. The Balaban J connectivity index is 4.56. The lowest BCUT2D eigenvalue weighted by Crippen LogP contribution is -2.46. The molecule has 0 fully saturated rings. The van der Waals surface area contributed by atoms with Crippen LogP contribution in [0.2, 0.25) is 0 Å². The average Bonchev–Trinajstić information content (AvgIpc) is 3.22. The van der Waals surface area contributed by atoms with Crippen LogP contribution in [0.1, 0.15) is 271 Å². The maximum Gasteiger partial charge on any atom is 0.306 e. The van der Waals surface area contributed by atoms with Crippen LogP contribution < -0.4 is 5.32 Å². The van der Waals surface area contributed by atoms with Crippen LogP contribution in [0.4, 0.5) is 0 Å². The molecule has 342 valence electrons. The molecule has 0 aliphatic heterocycles. The highest BCUT2D eigenvalue weighted by Crippen LogP contribution is 2.18. The summed E-state index contributed by atoms with van der Waals surface area (Å²) in [6.45, 7) is 6.45. The van der Waals surface area contributed by atoms with Crippen molar-refractivity contribution in [2.45, 2.75) is 289 Å². The van der Waals surface area contributed by atoms with Crippen LogP contribution in [0, 0.1) is 0 Å². The zero-order valence-corrected chi connectivity index (χ0v) is 38.9. The molecule has 1 amide bonds. The third kappa shape index (κ3) is 41.1. The number of aliphatic hydroxyl groups is 2.